The molecule has 0 aromatic heterocycles. The van der Waals surface area contributed by atoms with Gasteiger partial charge in [0.1, 0.15) is 33.5 Å². The quantitative estimate of drug-likeness (QED) is 0.141. The van der Waals surface area contributed by atoms with E-state index in [2.05, 4.69) is 20.5 Å². The second-order valence-electron chi connectivity index (χ2n) is 7.92. The standard InChI is InChI=1S/C25H23N5O6S/c1-14-7-9-16(10-8-14)27-28-18-12-21(36-3)19(13-20(18)35-2)29-30-24-22(37(32,33)34)11-15-5-4-6-17(26)23(15)25(24)31/h4-13,31H,26H2,1-3H3,(H,32,33,34). The number of ether oxygens (including phenoxy) is 2. The second kappa shape index (κ2) is 10.2. The van der Waals surface area contributed by atoms with E-state index in [1.165, 1.54) is 32.4 Å². The van der Waals surface area contributed by atoms with Crippen LogP contribution in [0.1, 0.15) is 5.56 Å². The van der Waals surface area contributed by atoms with E-state index in [1.54, 1.807) is 12.1 Å². The summed E-state index contributed by atoms with van der Waals surface area (Å²) in [7, 11) is -1.94. The molecule has 4 rings (SSSR count). The highest BCUT2D eigenvalue weighted by atomic mass is 32.2. The number of aryl methyl sites for hydroxylation is 1. The first kappa shape index (κ1) is 25.5. The molecule has 0 saturated carbocycles. The van der Waals surface area contributed by atoms with Crippen LogP contribution in [-0.4, -0.2) is 32.3 Å². The van der Waals surface area contributed by atoms with E-state index in [1.807, 2.05) is 31.2 Å². The van der Waals surface area contributed by atoms with Gasteiger partial charge in [0.15, 0.2) is 5.75 Å². The van der Waals surface area contributed by atoms with Crippen molar-refractivity contribution in [2.24, 2.45) is 20.5 Å². The zero-order valence-electron chi connectivity index (χ0n) is 20.1. The molecular formula is C25H23N5O6S. The Kier molecular flexibility index (Phi) is 7.05. The second-order valence-corrected chi connectivity index (χ2v) is 9.31. The Morgan fingerprint density at radius 3 is 2.00 bits per heavy atom. The Morgan fingerprint density at radius 1 is 0.838 bits per heavy atom. The van der Waals surface area contributed by atoms with Crippen LogP contribution in [0.5, 0.6) is 17.2 Å². The lowest BCUT2D eigenvalue weighted by Crippen LogP contribution is -1.99. The number of phenolic OH excluding ortho intramolecular Hbond substituents is 1. The van der Waals surface area contributed by atoms with Crippen molar-refractivity contribution < 1.29 is 27.6 Å². The summed E-state index contributed by atoms with van der Waals surface area (Å²) in [4.78, 5) is -0.638. The van der Waals surface area contributed by atoms with Crippen molar-refractivity contribution in [1.82, 2.24) is 0 Å². The average molecular weight is 522 g/mol. The van der Waals surface area contributed by atoms with Gasteiger partial charge in [0.25, 0.3) is 10.1 Å². The molecule has 0 unspecified atom stereocenters. The van der Waals surface area contributed by atoms with Crippen molar-refractivity contribution in [3.05, 3.63) is 66.2 Å². The molecule has 0 aliphatic carbocycles. The normalized spacial score (nSPS) is 12.0. The Labute approximate surface area is 212 Å². The van der Waals surface area contributed by atoms with Gasteiger partial charge in [0, 0.05) is 23.2 Å². The zero-order chi connectivity index (χ0) is 26.7. The molecule has 0 radical (unpaired) electrons. The molecule has 0 aliphatic heterocycles. The highest BCUT2D eigenvalue weighted by Gasteiger charge is 2.23. The molecule has 0 fully saturated rings. The Bertz CT molecular complexity index is 1650. The molecule has 4 N–H and O–H groups in total. The Morgan fingerprint density at radius 2 is 1.43 bits per heavy atom. The third kappa shape index (κ3) is 5.34. The summed E-state index contributed by atoms with van der Waals surface area (Å²) in [5.74, 6) is -0.0513. The van der Waals surface area contributed by atoms with Crippen molar-refractivity contribution in [2.75, 3.05) is 20.0 Å². The number of nitrogens with two attached hydrogens (primary N) is 1. The van der Waals surface area contributed by atoms with Crippen molar-refractivity contribution in [3.63, 3.8) is 0 Å². The van der Waals surface area contributed by atoms with Crippen LogP contribution in [0, 0.1) is 6.92 Å². The fourth-order valence-corrected chi connectivity index (χ4v) is 4.23. The molecule has 0 amide bonds. The number of fused-ring (bicyclic) bond motifs is 1. The van der Waals surface area contributed by atoms with E-state index < -0.39 is 26.5 Å². The van der Waals surface area contributed by atoms with Gasteiger partial charge in [-0.15, -0.1) is 15.3 Å². The number of hydrogen-bond donors (Lipinski definition) is 3. The molecule has 0 heterocycles. The maximum atomic E-state index is 12.1. The molecule has 0 bridgehead atoms. The molecule has 11 nitrogen and oxygen atoms in total. The molecule has 0 spiro atoms. The molecule has 0 atom stereocenters. The first-order valence-electron chi connectivity index (χ1n) is 10.8. The van der Waals surface area contributed by atoms with Crippen molar-refractivity contribution in [3.8, 4) is 17.2 Å². The predicted octanol–water partition coefficient (Wildman–Crippen LogP) is 6.53. The van der Waals surface area contributed by atoms with E-state index in [0.29, 0.717) is 16.8 Å². The van der Waals surface area contributed by atoms with Crippen molar-refractivity contribution in [2.45, 2.75) is 11.8 Å². The minimum atomic E-state index is -4.77. The smallest absolute Gasteiger partial charge is 0.296 e. The summed E-state index contributed by atoms with van der Waals surface area (Å²) < 4.78 is 44.7. The summed E-state index contributed by atoms with van der Waals surface area (Å²) >= 11 is 0. The summed E-state index contributed by atoms with van der Waals surface area (Å²) in [6, 6.07) is 16.3. The molecule has 4 aromatic carbocycles. The molecule has 190 valence electrons. The van der Waals surface area contributed by atoms with Crippen LogP contribution < -0.4 is 15.2 Å². The molecule has 0 saturated heterocycles. The summed E-state index contributed by atoms with van der Waals surface area (Å²) in [5, 5.41) is 27.7. The van der Waals surface area contributed by atoms with Crippen LogP contribution in [-0.2, 0) is 10.1 Å². The monoisotopic (exact) mass is 521 g/mol. The van der Waals surface area contributed by atoms with Crippen LogP contribution in [0.2, 0.25) is 0 Å². The number of methoxy groups -OCH3 is 2. The van der Waals surface area contributed by atoms with Gasteiger partial charge in [-0.2, -0.15) is 13.5 Å². The number of anilines is 1. The maximum absolute atomic E-state index is 12.1. The largest absolute Gasteiger partial charge is 0.505 e. The van der Waals surface area contributed by atoms with Crippen LogP contribution in [0.4, 0.5) is 28.4 Å². The van der Waals surface area contributed by atoms with Gasteiger partial charge < -0.3 is 20.3 Å². The van der Waals surface area contributed by atoms with Gasteiger partial charge in [-0.25, -0.2) is 0 Å². The Balaban J connectivity index is 1.81. The molecule has 0 aliphatic rings. The average Bonchev–Trinajstić information content (AvgIpc) is 2.87. The first-order valence-corrected chi connectivity index (χ1v) is 12.2. The molecule has 12 heteroatoms. The first-order chi connectivity index (χ1) is 17.6. The number of hydrogen-bond acceptors (Lipinski definition) is 10. The number of azo groups is 2. The lowest BCUT2D eigenvalue weighted by molar-refractivity contribution is 0.405. The number of nitrogen functional groups attached to an aromatic ring is 1. The predicted molar refractivity (Wildman–Crippen MR) is 139 cm³/mol. The lowest BCUT2D eigenvalue weighted by atomic mass is 10.1. The minimum absolute atomic E-state index is 0.135. The lowest BCUT2D eigenvalue weighted by Gasteiger charge is -2.11. The zero-order valence-corrected chi connectivity index (χ0v) is 20.9. The van der Waals surface area contributed by atoms with Crippen LogP contribution in [0.15, 0.2) is 86.0 Å². The number of nitrogens with zero attached hydrogens (tertiary/aromatic N) is 4. The molecular weight excluding hydrogens is 498 g/mol. The van der Waals surface area contributed by atoms with Crippen molar-refractivity contribution in [1.29, 1.82) is 0 Å². The van der Waals surface area contributed by atoms with Gasteiger partial charge in [-0.3, -0.25) is 4.55 Å². The van der Waals surface area contributed by atoms with E-state index in [4.69, 9.17) is 15.2 Å². The number of benzene rings is 4. The fourth-order valence-electron chi connectivity index (χ4n) is 3.57. The fraction of sp³-hybridized carbons (Fsp3) is 0.120. The van der Waals surface area contributed by atoms with Gasteiger partial charge in [0.05, 0.1) is 19.9 Å². The summed E-state index contributed by atoms with van der Waals surface area (Å²) in [6.45, 7) is 1.97. The van der Waals surface area contributed by atoms with Gasteiger partial charge in [-0.1, -0.05) is 29.8 Å². The Hall–Kier alpha value is -4.55. The van der Waals surface area contributed by atoms with Crippen LogP contribution >= 0.6 is 0 Å². The number of rotatable bonds is 7. The third-order valence-electron chi connectivity index (χ3n) is 5.43. The minimum Gasteiger partial charge on any atom is -0.505 e. The van der Waals surface area contributed by atoms with Gasteiger partial charge in [0.2, 0.25) is 0 Å². The topological polar surface area (TPSA) is 169 Å². The SMILES string of the molecule is COc1cc(N=Nc2c(S(=O)(=O)O)cc3cccc(N)c3c2O)c(OC)cc1N=Nc1ccc(C)cc1. The highest BCUT2D eigenvalue weighted by molar-refractivity contribution is 7.86. The summed E-state index contributed by atoms with van der Waals surface area (Å²) in [5.41, 5.74) is 7.88. The van der Waals surface area contributed by atoms with E-state index >= 15 is 0 Å². The highest BCUT2D eigenvalue weighted by Crippen LogP contribution is 2.45. The van der Waals surface area contributed by atoms with Gasteiger partial charge >= 0.3 is 0 Å². The van der Waals surface area contributed by atoms with Crippen LogP contribution in [0.25, 0.3) is 10.8 Å². The van der Waals surface area contributed by atoms with Crippen LogP contribution in [0.3, 0.4) is 0 Å². The van der Waals surface area contributed by atoms with Crippen molar-refractivity contribution >= 4 is 49.3 Å². The molecule has 4 aromatic rings. The summed E-state index contributed by atoms with van der Waals surface area (Å²) in [6.07, 6.45) is 0. The molecule has 37 heavy (non-hydrogen) atoms. The number of aromatic hydroxyl groups is 1. The third-order valence-corrected chi connectivity index (χ3v) is 6.30. The van der Waals surface area contributed by atoms with E-state index in [0.717, 1.165) is 11.6 Å². The van der Waals surface area contributed by atoms with E-state index in [9.17, 15) is 18.1 Å². The van der Waals surface area contributed by atoms with Gasteiger partial charge in [-0.05, 0) is 36.6 Å². The maximum Gasteiger partial charge on any atom is 0.296 e. The number of phenols is 1. The van der Waals surface area contributed by atoms with E-state index in [-0.39, 0.29) is 28.3 Å².